The molecule has 3 N–H and O–H groups in total. The molecule has 4 rings (SSSR count). The number of carbonyl (C=O) groups is 1. The summed E-state index contributed by atoms with van der Waals surface area (Å²) in [5.74, 6) is -0.362. The summed E-state index contributed by atoms with van der Waals surface area (Å²) in [6.07, 6.45) is -3.22. The lowest BCUT2D eigenvalue weighted by molar-refractivity contribution is -0.137. The highest BCUT2D eigenvalue weighted by Crippen LogP contribution is 2.39. The van der Waals surface area contributed by atoms with Crippen molar-refractivity contribution in [1.82, 2.24) is 14.0 Å². The molecule has 1 aromatic carbocycles. The first-order valence-corrected chi connectivity index (χ1v) is 13.2. The summed E-state index contributed by atoms with van der Waals surface area (Å²) >= 11 is 0. The summed E-state index contributed by atoms with van der Waals surface area (Å²) in [6, 6.07) is 7.34. The van der Waals surface area contributed by atoms with Gasteiger partial charge in [0.2, 0.25) is 0 Å². The first-order valence-electron chi connectivity index (χ1n) is 11.7. The van der Waals surface area contributed by atoms with E-state index in [1.807, 2.05) is 18.7 Å². The van der Waals surface area contributed by atoms with E-state index in [0.717, 1.165) is 22.9 Å². The monoisotopic (exact) mass is 529 g/mol. The number of anilines is 1. The summed E-state index contributed by atoms with van der Waals surface area (Å²) in [5, 5.41) is 0. The molecule has 200 valence electrons. The van der Waals surface area contributed by atoms with Crippen molar-refractivity contribution in [3.05, 3.63) is 47.5 Å². The van der Waals surface area contributed by atoms with Gasteiger partial charge in [-0.1, -0.05) is 19.1 Å². The van der Waals surface area contributed by atoms with Gasteiger partial charge in [-0.3, -0.25) is 4.79 Å². The van der Waals surface area contributed by atoms with E-state index in [9.17, 15) is 26.4 Å². The van der Waals surface area contributed by atoms with Crippen LogP contribution in [0.15, 0.2) is 36.4 Å². The number of halogens is 3. The number of rotatable bonds is 5. The van der Waals surface area contributed by atoms with E-state index in [4.69, 9.17) is 5.73 Å². The summed E-state index contributed by atoms with van der Waals surface area (Å²) in [4.78, 5) is 19.8. The number of hydrogen-bond donors (Lipinski definition) is 2. The number of benzene rings is 1. The second-order valence-electron chi connectivity index (χ2n) is 10.2. The van der Waals surface area contributed by atoms with E-state index in [2.05, 4.69) is 16.6 Å². The Morgan fingerprint density at radius 1 is 1.22 bits per heavy atom. The van der Waals surface area contributed by atoms with Crippen LogP contribution >= 0.6 is 0 Å². The van der Waals surface area contributed by atoms with Gasteiger partial charge in [-0.25, -0.2) is 9.71 Å². The van der Waals surface area contributed by atoms with Gasteiger partial charge >= 0.3 is 16.4 Å². The van der Waals surface area contributed by atoms with Crippen LogP contribution in [0.25, 0.3) is 11.3 Å². The van der Waals surface area contributed by atoms with Crippen LogP contribution in [0.2, 0.25) is 0 Å². The van der Waals surface area contributed by atoms with Crippen molar-refractivity contribution in [3.8, 4) is 11.3 Å². The van der Waals surface area contributed by atoms with Gasteiger partial charge in [-0.05, 0) is 56.9 Å². The standard InChI is InChI=1S/C24H30F3N5O3S.2H2/c1-15-12-23(2,3)32(13-15)21-19(22(33)30-36(34,35)31-10-9-18(28)14-31)7-8-20(29-21)16-5-4-6-17(11-16)24(25,26)27;;/h4-8,11,15,18H,9-10,12-14,28H2,1-3H3,(H,30,33);2*1H/t15-,18-;;/m0../s1. The van der Waals surface area contributed by atoms with Crippen LogP contribution in [0.1, 0.15) is 52.4 Å². The van der Waals surface area contributed by atoms with Crippen molar-refractivity contribution in [3.63, 3.8) is 0 Å². The zero-order valence-corrected chi connectivity index (χ0v) is 21.2. The molecule has 2 atom stereocenters. The number of alkyl halides is 3. The molecule has 2 aromatic rings. The molecule has 1 amide bonds. The average molecular weight is 530 g/mol. The summed E-state index contributed by atoms with van der Waals surface area (Å²) < 4.78 is 68.7. The number of aromatic nitrogens is 1. The van der Waals surface area contributed by atoms with Crippen LogP contribution in [0.3, 0.4) is 0 Å². The maximum Gasteiger partial charge on any atom is 0.416 e. The highest BCUT2D eigenvalue weighted by molar-refractivity contribution is 7.87. The highest BCUT2D eigenvalue weighted by atomic mass is 32.2. The van der Waals surface area contributed by atoms with Crippen LogP contribution < -0.4 is 15.4 Å². The van der Waals surface area contributed by atoms with Crippen LogP contribution in [-0.2, 0) is 16.4 Å². The average Bonchev–Trinajstić information content (AvgIpc) is 3.34. The predicted molar refractivity (Wildman–Crippen MR) is 135 cm³/mol. The van der Waals surface area contributed by atoms with Crippen LogP contribution in [0.4, 0.5) is 19.0 Å². The summed E-state index contributed by atoms with van der Waals surface area (Å²) in [6.45, 7) is 6.90. The van der Waals surface area contributed by atoms with E-state index in [-0.39, 0.29) is 50.5 Å². The van der Waals surface area contributed by atoms with E-state index < -0.39 is 33.4 Å². The van der Waals surface area contributed by atoms with Crippen LogP contribution in [-0.4, -0.2) is 54.8 Å². The van der Waals surface area contributed by atoms with E-state index in [1.165, 1.54) is 24.3 Å². The molecule has 2 saturated heterocycles. The Morgan fingerprint density at radius 2 is 1.94 bits per heavy atom. The number of nitrogens with zero attached hydrogens (tertiary/aromatic N) is 3. The van der Waals surface area contributed by atoms with Gasteiger partial charge in [-0.15, -0.1) is 0 Å². The Balaban J connectivity index is 0.00000253. The van der Waals surface area contributed by atoms with Gasteiger partial charge in [0.15, 0.2) is 0 Å². The zero-order chi connectivity index (χ0) is 26.5. The Bertz CT molecular complexity index is 1280. The summed E-state index contributed by atoms with van der Waals surface area (Å²) in [7, 11) is -4.12. The molecule has 8 nitrogen and oxygen atoms in total. The number of hydrogen-bond acceptors (Lipinski definition) is 6. The molecule has 2 aliphatic rings. The Kier molecular flexibility index (Phi) is 6.82. The van der Waals surface area contributed by atoms with Crippen LogP contribution in [0.5, 0.6) is 0 Å². The second-order valence-corrected chi connectivity index (χ2v) is 11.9. The quantitative estimate of drug-likeness (QED) is 0.608. The van der Waals surface area contributed by atoms with Gasteiger partial charge in [0.1, 0.15) is 5.82 Å². The normalized spacial score (nSPS) is 22.7. The predicted octanol–water partition coefficient (Wildman–Crippen LogP) is 3.89. The van der Waals surface area contributed by atoms with Crippen molar-refractivity contribution in [2.75, 3.05) is 24.5 Å². The van der Waals surface area contributed by atoms with Crippen molar-refractivity contribution in [2.24, 2.45) is 11.7 Å². The summed E-state index contributed by atoms with van der Waals surface area (Å²) in [5.41, 5.74) is 5.11. The number of nitrogens with two attached hydrogens (primary N) is 1. The van der Waals surface area contributed by atoms with Gasteiger partial charge < -0.3 is 10.6 Å². The molecular formula is C24H34F3N5O3S. The van der Waals surface area contributed by atoms with Crippen molar-refractivity contribution in [2.45, 2.75) is 51.4 Å². The first-order chi connectivity index (χ1) is 16.7. The third-order valence-electron chi connectivity index (χ3n) is 6.68. The fourth-order valence-electron chi connectivity index (χ4n) is 5.02. The zero-order valence-electron chi connectivity index (χ0n) is 20.3. The molecule has 1 aromatic heterocycles. The molecule has 2 aliphatic heterocycles. The number of pyridine rings is 1. The minimum Gasteiger partial charge on any atom is -0.351 e. The number of nitrogens with one attached hydrogen (secondary N) is 1. The van der Waals surface area contributed by atoms with Gasteiger partial charge in [0, 0.05) is 39.6 Å². The maximum absolute atomic E-state index is 13.3. The highest BCUT2D eigenvalue weighted by Gasteiger charge is 2.40. The minimum atomic E-state index is -4.52. The number of amides is 1. The molecule has 0 saturated carbocycles. The third kappa shape index (κ3) is 5.35. The van der Waals surface area contributed by atoms with Gasteiger partial charge in [0.05, 0.1) is 16.8 Å². The Hall–Kier alpha value is -2.70. The lowest BCUT2D eigenvalue weighted by Crippen LogP contribution is -2.44. The Morgan fingerprint density at radius 3 is 2.53 bits per heavy atom. The lowest BCUT2D eigenvalue weighted by atomic mass is 9.97. The topological polar surface area (TPSA) is 109 Å². The largest absolute Gasteiger partial charge is 0.416 e. The van der Waals surface area contributed by atoms with Gasteiger partial charge in [0.25, 0.3) is 5.91 Å². The fourth-order valence-corrected chi connectivity index (χ4v) is 6.22. The van der Waals surface area contributed by atoms with Crippen LogP contribution in [0, 0.1) is 5.92 Å². The molecule has 36 heavy (non-hydrogen) atoms. The second kappa shape index (κ2) is 9.31. The van der Waals surface area contributed by atoms with E-state index >= 15 is 0 Å². The molecule has 0 spiro atoms. The molecule has 0 radical (unpaired) electrons. The maximum atomic E-state index is 13.3. The molecule has 0 aliphatic carbocycles. The van der Waals surface area contributed by atoms with Gasteiger partial charge in [-0.2, -0.15) is 25.9 Å². The molecule has 2 fully saturated rings. The lowest BCUT2D eigenvalue weighted by Gasteiger charge is -2.34. The van der Waals surface area contributed by atoms with E-state index in [1.54, 1.807) is 0 Å². The molecular weight excluding hydrogens is 495 g/mol. The SMILES string of the molecule is C[C@@H]1CN(c2nc(-c3cccc(C(F)(F)F)c3)ccc2C(=O)NS(=O)(=O)N2CC[C@H](N)C2)C(C)(C)C1.[HH].[HH]. The Labute approximate surface area is 211 Å². The smallest absolute Gasteiger partial charge is 0.351 e. The van der Waals surface area contributed by atoms with E-state index in [0.29, 0.717) is 13.0 Å². The van der Waals surface area contributed by atoms with Crippen molar-refractivity contribution < 1.29 is 29.2 Å². The third-order valence-corrected chi connectivity index (χ3v) is 8.14. The molecule has 3 heterocycles. The molecule has 12 heteroatoms. The minimum absolute atomic E-state index is 0. The fraction of sp³-hybridized carbons (Fsp3) is 0.500. The molecule has 0 bridgehead atoms. The molecule has 0 unspecified atom stereocenters. The van der Waals surface area contributed by atoms with Crippen molar-refractivity contribution in [1.29, 1.82) is 0 Å². The van der Waals surface area contributed by atoms with Crippen molar-refractivity contribution >= 4 is 21.9 Å². The number of carbonyl (C=O) groups excluding carboxylic acids is 1. The first kappa shape index (κ1) is 26.4.